The molecule has 2 nitrogen and oxygen atoms in total. The van der Waals surface area contributed by atoms with Crippen LogP contribution in [0.3, 0.4) is 0 Å². The molecule has 106 valence electrons. The molecule has 0 aliphatic heterocycles. The number of aromatic nitrogens is 2. The summed E-state index contributed by atoms with van der Waals surface area (Å²) in [7, 11) is 0. The number of hydrogen-bond acceptors (Lipinski definition) is 2. The minimum Gasteiger partial charge on any atom is -0.264 e. The fourth-order valence-corrected chi connectivity index (χ4v) is 2.37. The Morgan fingerprint density at radius 2 is 1.75 bits per heavy atom. The normalized spacial score (nSPS) is 12.4. The van der Waals surface area contributed by atoms with E-state index < -0.39 is 0 Å². The molecular weight excluding hydrogens is 244 g/mol. The molecule has 2 heteroatoms. The minimum atomic E-state index is 0.0742. The van der Waals surface area contributed by atoms with Crippen molar-refractivity contribution < 1.29 is 0 Å². The summed E-state index contributed by atoms with van der Waals surface area (Å²) in [5, 5.41) is 0. The molecule has 0 radical (unpaired) electrons. The van der Waals surface area contributed by atoms with Gasteiger partial charge in [-0.2, -0.15) is 0 Å². The molecule has 0 saturated carbocycles. The van der Waals surface area contributed by atoms with E-state index in [0.717, 1.165) is 12.1 Å². The van der Waals surface area contributed by atoms with E-state index in [-0.39, 0.29) is 10.8 Å². The Morgan fingerprint density at radius 3 is 2.35 bits per heavy atom. The zero-order valence-corrected chi connectivity index (χ0v) is 13.1. The van der Waals surface area contributed by atoms with Gasteiger partial charge in [0.05, 0.1) is 0 Å². The van der Waals surface area contributed by atoms with Crippen LogP contribution in [-0.2, 0) is 17.3 Å². The lowest BCUT2D eigenvalue weighted by Crippen LogP contribution is -2.21. The SMILES string of the molecule is CC(C)(C)c1cc(CC(C)(C)c2cccnc2)ccn1. The maximum absolute atomic E-state index is 4.50. The molecule has 2 rings (SSSR count). The zero-order valence-electron chi connectivity index (χ0n) is 13.1. The second-order valence-corrected chi connectivity index (χ2v) is 7.10. The van der Waals surface area contributed by atoms with E-state index in [1.165, 1.54) is 11.1 Å². The largest absolute Gasteiger partial charge is 0.264 e. The lowest BCUT2D eigenvalue weighted by atomic mass is 9.79. The Morgan fingerprint density at radius 1 is 1.00 bits per heavy atom. The molecule has 0 aromatic carbocycles. The average Bonchev–Trinajstić information content (AvgIpc) is 2.38. The summed E-state index contributed by atoms with van der Waals surface area (Å²) in [6.07, 6.45) is 6.70. The highest BCUT2D eigenvalue weighted by Gasteiger charge is 2.22. The Bertz CT molecular complexity index is 565. The van der Waals surface area contributed by atoms with Crippen molar-refractivity contribution in [2.24, 2.45) is 0 Å². The van der Waals surface area contributed by atoms with Gasteiger partial charge in [0.15, 0.2) is 0 Å². The third-order valence-electron chi connectivity index (χ3n) is 3.68. The van der Waals surface area contributed by atoms with Crippen LogP contribution in [0.4, 0.5) is 0 Å². The lowest BCUT2D eigenvalue weighted by Gasteiger charge is -2.26. The van der Waals surface area contributed by atoms with Gasteiger partial charge in [0.1, 0.15) is 0 Å². The topological polar surface area (TPSA) is 25.8 Å². The monoisotopic (exact) mass is 268 g/mol. The third-order valence-corrected chi connectivity index (χ3v) is 3.68. The quantitative estimate of drug-likeness (QED) is 0.829. The Hall–Kier alpha value is -1.70. The number of pyridine rings is 2. The lowest BCUT2D eigenvalue weighted by molar-refractivity contribution is 0.516. The van der Waals surface area contributed by atoms with Gasteiger partial charge in [0.2, 0.25) is 0 Å². The molecule has 20 heavy (non-hydrogen) atoms. The van der Waals surface area contributed by atoms with E-state index >= 15 is 0 Å². The van der Waals surface area contributed by atoms with Crippen molar-refractivity contribution in [3.8, 4) is 0 Å². The van der Waals surface area contributed by atoms with Crippen LogP contribution in [0.1, 0.15) is 51.4 Å². The van der Waals surface area contributed by atoms with Gasteiger partial charge < -0.3 is 0 Å². The molecule has 0 spiro atoms. The average molecular weight is 268 g/mol. The predicted molar refractivity (Wildman–Crippen MR) is 83.9 cm³/mol. The molecule has 0 atom stereocenters. The molecule has 0 amide bonds. The summed E-state index contributed by atoms with van der Waals surface area (Å²) in [6.45, 7) is 11.1. The molecule has 0 saturated heterocycles. The second kappa shape index (κ2) is 5.35. The molecule has 0 aliphatic carbocycles. The van der Waals surface area contributed by atoms with Crippen LogP contribution in [-0.4, -0.2) is 9.97 Å². The molecule has 0 unspecified atom stereocenters. The van der Waals surface area contributed by atoms with Crippen LogP contribution in [0.5, 0.6) is 0 Å². The highest BCUT2D eigenvalue weighted by Crippen LogP contribution is 2.28. The minimum absolute atomic E-state index is 0.0742. The molecule has 0 bridgehead atoms. The van der Waals surface area contributed by atoms with Crippen molar-refractivity contribution in [2.45, 2.75) is 51.9 Å². The van der Waals surface area contributed by atoms with E-state index in [1.807, 2.05) is 24.7 Å². The highest BCUT2D eigenvalue weighted by atomic mass is 14.7. The summed E-state index contributed by atoms with van der Waals surface area (Å²) in [5.41, 5.74) is 3.92. The zero-order chi connectivity index (χ0) is 14.8. The van der Waals surface area contributed by atoms with Gasteiger partial charge in [0.25, 0.3) is 0 Å². The number of nitrogens with zero attached hydrogens (tertiary/aromatic N) is 2. The second-order valence-electron chi connectivity index (χ2n) is 7.10. The van der Waals surface area contributed by atoms with Crippen molar-refractivity contribution in [3.63, 3.8) is 0 Å². The smallest absolute Gasteiger partial charge is 0.0459 e. The third kappa shape index (κ3) is 3.44. The van der Waals surface area contributed by atoms with Gasteiger partial charge in [0, 0.05) is 29.7 Å². The summed E-state index contributed by atoms with van der Waals surface area (Å²) in [6, 6.07) is 8.51. The Balaban J connectivity index is 2.26. The van der Waals surface area contributed by atoms with Gasteiger partial charge in [-0.1, -0.05) is 40.7 Å². The molecule has 2 heterocycles. The van der Waals surface area contributed by atoms with Crippen molar-refractivity contribution in [1.82, 2.24) is 9.97 Å². The Kier molecular flexibility index (Phi) is 3.94. The van der Waals surface area contributed by atoms with Crippen molar-refractivity contribution >= 4 is 0 Å². The maximum atomic E-state index is 4.50. The summed E-state index contributed by atoms with van der Waals surface area (Å²) >= 11 is 0. The first kappa shape index (κ1) is 14.7. The van der Waals surface area contributed by atoms with Crippen molar-refractivity contribution in [1.29, 1.82) is 0 Å². The highest BCUT2D eigenvalue weighted by molar-refractivity contribution is 5.27. The summed E-state index contributed by atoms with van der Waals surface area (Å²) in [4.78, 5) is 8.74. The van der Waals surface area contributed by atoms with Gasteiger partial charge >= 0.3 is 0 Å². The summed E-state index contributed by atoms with van der Waals surface area (Å²) < 4.78 is 0. The van der Waals surface area contributed by atoms with Gasteiger partial charge in [-0.05, 0) is 41.2 Å². The first-order chi connectivity index (χ1) is 9.29. The van der Waals surface area contributed by atoms with E-state index in [0.29, 0.717) is 0 Å². The van der Waals surface area contributed by atoms with E-state index in [1.54, 1.807) is 0 Å². The molecular formula is C18H24N2. The Labute approximate surface area is 122 Å². The van der Waals surface area contributed by atoms with Crippen LogP contribution in [0.15, 0.2) is 42.9 Å². The molecule has 2 aromatic heterocycles. The molecule has 2 aromatic rings. The van der Waals surface area contributed by atoms with E-state index in [2.05, 4.69) is 62.8 Å². The van der Waals surface area contributed by atoms with Gasteiger partial charge in [-0.3, -0.25) is 9.97 Å². The standard InChI is InChI=1S/C18H24N2/c1-17(2,3)16-11-14(8-10-20-16)12-18(4,5)15-7-6-9-19-13-15/h6-11,13H,12H2,1-5H3. The van der Waals surface area contributed by atoms with Crippen LogP contribution in [0, 0.1) is 0 Å². The number of rotatable bonds is 3. The van der Waals surface area contributed by atoms with Crippen molar-refractivity contribution in [2.75, 3.05) is 0 Å². The fourth-order valence-electron chi connectivity index (χ4n) is 2.37. The molecule has 0 fully saturated rings. The van der Waals surface area contributed by atoms with Gasteiger partial charge in [-0.25, -0.2) is 0 Å². The molecule has 0 N–H and O–H groups in total. The fraction of sp³-hybridized carbons (Fsp3) is 0.444. The number of hydrogen-bond donors (Lipinski definition) is 0. The summed E-state index contributed by atoms with van der Waals surface area (Å²) in [5.74, 6) is 0. The van der Waals surface area contributed by atoms with Crippen molar-refractivity contribution in [3.05, 3.63) is 59.7 Å². The van der Waals surface area contributed by atoms with Crippen LogP contribution >= 0.6 is 0 Å². The first-order valence-corrected chi connectivity index (χ1v) is 7.15. The predicted octanol–water partition coefficient (Wildman–Crippen LogP) is 4.29. The van der Waals surface area contributed by atoms with Gasteiger partial charge in [-0.15, -0.1) is 0 Å². The molecule has 0 aliphatic rings. The van der Waals surface area contributed by atoms with Crippen LogP contribution in [0.2, 0.25) is 0 Å². The van der Waals surface area contributed by atoms with Crippen LogP contribution in [0.25, 0.3) is 0 Å². The maximum Gasteiger partial charge on any atom is 0.0459 e. The van der Waals surface area contributed by atoms with E-state index in [9.17, 15) is 0 Å². The van der Waals surface area contributed by atoms with E-state index in [4.69, 9.17) is 0 Å². The first-order valence-electron chi connectivity index (χ1n) is 7.15. The van der Waals surface area contributed by atoms with Crippen LogP contribution < -0.4 is 0 Å².